The quantitative estimate of drug-likeness (QED) is 0.929. The molecule has 0 fully saturated rings. The van der Waals surface area contributed by atoms with Gasteiger partial charge in [-0.25, -0.2) is 0 Å². The smallest absolute Gasteiger partial charge is 0.136 e. The zero-order valence-corrected chi connectivity index (χ0v) is 12.5. The number of ether oxygens (including phenoxy) is 1. The summed E-state index contributed by atoms with van der Waals surface area (Å²) < 4.78 is 9.63. The van der Waals surface area contributed by atoms with Crippen LogP contribution in [0.1, 0.15) is 32.0 Å². The van der Waals surface area contributed by atoms with Crippen molar-refractivity contribution in [1.29, 1.82) is 0 Å². The summed E-state index contributed by atoms with van der Waals surface area (Å²) in [7, 11) is 1.86. The molecule has 0 saturated heterocycles. The van der Waals surface area contributed by atoms with Gasteiger partial charge in [-0.05, 0) is 23.1 Å². The Morgan fingerprint density at radius 3 is 2.47 bits per heavy atom. The minimum atomic E-state index is 0.163. The van der Waals surface area contributed by atoms with E-state index in [4.69, 9.17) is 4.74 Å². The number of hydrogen-bond donors (Lipinski definition) is 1. The molecule has 0 amide bonds. The summed E-state index contributed by atoms with van der Waals surface area (Å²) in [5, 5.41) is 8.04. The van der Waals surface area contributed by atoms with Gasteiger partial charge >= 0.3 is 0 Å². The lowest BCUT2D eigenvalue weighted by Gasteiger charge is -2.19. The van der Waals surface area contributed by atoms with Gasteiger partial charge in [0.15, 0.2) is 0 Å². The third-order valence-electron chi connectivity index (χ3n) is 2.88. The molecular formula is C14H19N3OS. The molecule has 1 N–H and O–H groups in total. The van der Waals surface area contributed by atoms with E-state index in [1.165, 1.54) is 17.1 Å². The van der Waals surface area contributed by atoms with Gasteiger partial charge in [0.25, 0.3) is 0 Å². The fraction of sp³-hybridized carbons (Fsp3) is 0.429. The average molecular weight is 277 g/mol. The molecule has 19 heavy (non-hydrogen) atoms. The van der Waals surface area contributed by atoms with Gasteiger partial charge in [-0.3, -0.25) is 0 Å². The summed E-state index contributed by atoms with van der Waals surface area (Å²) >= 11 is 1.34. The molecule has 102 valence electrons. The molecule has 0 aliphatic carbocycles. The Labute approximate surface area is 118 Å². The molecule has 5 heteroatoms. The number of rotatable bonds is 4. The molecular weight excluding hydrogens is 258 g/mol. The number of aromatic nitrogens is 2. The highest BCUT2D eigenvalue weighted by Crippen LogP contribution is 2.25. The van der Waals surface area contributed by atoms with Crippen LogP contribution in [0.3, 0.4) is 0 Å². The number of nitrogens with one attached hydrogen (secondary N) is 1. The first-order valence-corrected chi connectivity index (χ1v) is 7.00. The Kier molecular flexibility index (Phi) is 4.04. The Hall–Kier alpha value is -1.62. The topological polar surface area (TPSA) is 47.0 Å². The molecule has 2 aromatic rings. The summed E-state index contributed by atoms with van der Waals surface area (Å²) in [6.07, 6.45) is 0. The molecule has 4 nitrogen and oxygen atoms in total. The van der Waals surface area contributed by atoms with Gasteiger partial charge in [-0.15, -0.1) is 5.10 Å². The van der Waals surface area contributed by atoms with E-state index in [0.29, 0.717) is 6.61 Å². The normalized spacial score (nSPS) is 11.4. The van der Waals surface area contributed by atoms with Gasteiger partial charge in [0.2, 0.25) is 0 Å². The second kappa shape index (κ2) is 5.57. The second-order valence-electron chi connectivity index (χ2n) is 5.36. The van der Waals surface area contributed by atoms with Crippen molar-refractivity contribution in [3.63, 3.8) is 0 Å². The largest absolute Gasteiger partial charge is 0.487 e. The molecule has 1 heterocycles. The lowest BCUT2D eigenvalue weighted by Crippen LogP contribution is -2.10. The molecule has 0 aliphatic heterocycles. The van der Waals surface area contributed by atoms with Crippen LogP contribution >= 0.6 is 11.5 Å². The van der Waals surface area contributed by atoms with Crippen molar-refractivity contribution in [2.45, 2.75) is 32.8 Å². The number of nitrogens with zero attached hydrogens (tertiary/aromatic N) is 2. The van der Waals surface area contributed by atoms with E-state index in [1.807, 2.05) is 19.2 Å². The van der Waals surface area contributed by atoms with Crippen molar-refractivity contribution in [1.82, 2.24) is 9.59 Å². The van der Waals surface area contributed by atoms with Crippen LogP contribution in [0.4, 0.5) is 5.00 Å². The first-order valence-electron chi connectivity index (χ1n) is 6.23. The van der Waals surface area contributed by atoms with Crippen LogP contribution in [0.15, 0.2) is 24.3 Å². The SMILES string of the molecule is CNc1snnc1COc1ccc(C(C)(C)C)cc1. The molecule has 0 spiro atoms. The van der Waals surface area contributed by atoms with Crippen molar-refractivity contribution in [3.8, 4) is 5.75 Å². The molecule has 1 aromatic carbocycles. The minimum Gasteiger partial charge on any atom is -0.487 e. The Balaban J connectivity index is 2.01. The summed E-state index contributed by atoms with van der Waals surface area (Å²) in [5.41, 5.74) is 2.30. The molecule has 0 atom stereocenters. The van der Waals surface area contributed by atoms with E-state index in [2.05, 4.69) is 47.8 Å². The lowest BCUT2D eigenvalue weighted by molar-refractivity contribution is 0.301. The van der Waals surface area contributed by atoms with Crippen molar-refractivity contribution in [3.05, 3.63) is 35.5 Å². The van der Waals surface area contributed by atoms with E-state index < -0.39 is 0 Å². The molecule has 0 aliphatic rings. The van der Waals surface area contributed by atoms with Gasteiger partial charge in [0, 0.05) is 18.6 Å². The Morgan fingerprint density at radius 1 is 1.21 bits per heavy atom. The monoisotopic (exact) mass is 277 g/mol. The number of benzene rings is 1. The maximum Gasteiger partial charge on any atom is 0.136 e. The van der Waals surface area contributed by atoms with Crippen LogP contribution in [0, 0.1) is 0 Å². The first-order chi connectivity index (χ1) is 9.00. The van der Waals surface area contributed by atoms with Crippen LogP contribution < -0.4 is 10.1 Å². The number of anilines is 1. The molecule has 0 bridgehead atoms. The van der Waals surface area contributed by atoms with E-state index >= 15 is 0 Å². The third-order valence-corrected chi connectivity index (χ3v) is 3.66. The predicted octanol–water partition coefficient (Wildman–Crippen LogP) is 3.46. The van der Waals surface area contributed by atoms with Gasteiger partial charge in [-0.1, -0.05) is 37.4 Å². The highest BCUT2D eigenvalue weighted by molar-refractivity contribution is 7.10. The van der Waals surface area contributed by atoms with Crippen molar-refractivity contribution in [2.24, 2.45) is 0 Å². The lowest BCUT2D eigenvalue weighted by atomic mass is 9.87. The maximum atomic E-state index is 5.72. The van der Waals surface area contributed by atoms with Gasteiger partial charge < -0.3 is 10.1 Å². The van der Waals surface area contributed by atoms with Gasteiger partial charge in [-0.2, -0.15) is 0 Å². The van der Waals surface area contributed by atoms with Crippen molar-refractivity contribution >= 4 is 16.5 Å². The summed E-state index contributed by atoms with van der Waals surface area (Å²) in [4.78, 5) is 0. The maximum absolute atomic E-state index is 5.72. The van der Waals surface area contributed by atoms with Crippen LogP contribution in [0.25, 0.3) is 0 Å². The summed E-state index contributed by atoms with van der Waals surface area (Å²) in [6, 6.07) is 8.21. The minimum absolute atomic E-state index is 0.163. The predicted molar refractivity (Wildman–Crippen MR) is 78.9 cm³/mol. The Morgan fingerprint density at radius 2 is 1.89 bits per heavy atom. The molecule has 0 saturated carbocycles. The molecule has 1 aromatic heterocycles. The van der Waals surface area contributed by atoms with E-state index in [9.17, 15) is 0 Å². The first kappa shape index (κ1) is 13.8. The highest BCUT2D eigenvalue weighted by Gasteiger charge is 2.13. The summed E-state index contributed by atoms with van der Waals surface area (Å²) in [6.45, 7) is 7.02. The van der Waals surface area contributed by atoms with Gasteiger partial charge in [0.1, 0.15) is 23.1 Å². The third kappa shape index (κ3) is 3.44. The van der Waals surface area contributed by atoms with E-state index in [0.717, 1.165) is 16.4 Å². The standard InChI is InChI=1S/C14H19N3OS/c1-14(2,3)10-5-7-11(8-6-10)18-9-12-13(15-4)19-17-16-12/h5-8,15H,9H2,1-4H3. The van der Waals surface area contributed by atoms with Crippen LogP contribution in [-0.4, -0.2) is 16.6 Å². The molecule has 0 radical (unpaired) electrons. The second-order valence-corrected chi connectivity index (χ2v) is 6.12. The molecule has 2 rings (SSSR count). The van der Waals surface area contributed by atoms with Crippen molar-refractivity contribution in [2.75, 3.05) is 12.4 Å². The number of hydrogen-bond acceptors (Lipinski definition) is 5. The zero-order chi connectivity index (χ0) is 13.9. The van der Waals surface area contributed by atoms with Gasteiger partial charge in [0.05, 0.1) is 0 Å². The zero-order valence-electron chi connectivity index (χ0n) is 11.7. The highest BCUT2D eigenvalue weighted by atomic mass is 32.1. The molecule has 0 unspecified atom stereocenters. The van der Waals surface area contributed by atoms with Crippen LogP contribution in [-0.2, 0) is 12.0 Å². The Bertz CT molecular complexity index is 528. The van der Waals surface area contributed by atoms with E-state index in [1.54, 1.807) is 0 Å². The van der Waals surface area contributed by atoms with E-state index in [-0.39, 0.29) is 5.41 Å². The van der Waals surface area contributed by atoms with Crippen molar-refractivity contribution < 1.29 is 4.74 Å². The average Bonchev–Trinajstić information content (AvgIpc) is 2.83. The van der Waals surface area contributed by atoms with Crippen LogP contribution in [0.2, 0.25) is 0 Å². The summed E-state index contributed by atoms with van der Waals surface area (Å²) in [5.74, 6) is 0.850. The van der Waals surface area contributed by atoms with Crippen LogP contribution in [0.5, 0.6) is 5.75 Å². The fourth-order valence-corrected chi connectivity index (χ4v) is 2.21. The fourth-order valence-electron chi connectivity index (χ4n) is 1.70.